The van der Waals surface area contributed by atoms with E-state index < -0.39 is 16.1 Å². The Bertz CT molecular complexity index is 986. The van der Waals surface area contributed by atoms with E-state index in [1.54, 1.807) is 18.2 Å². The van der Waals surface area contributed by atoms with Crippen LogP contribution in [0.2, 0.25) is 0 Å². The number of carbonyl (C=O) groups is 1. The summed E-state index contributed by atoms with van der Waals surface area (Å²) in [7, 11) is -3.65. The first-order chi connectivity index (χ1) is 14.8. The Morgan fingerprint density at radius 2 is 1.81 bits per heavy atom. The Labute approximate surface area is 185 Å². The molecule has 31 heavy (non-hydrogen) atoms. The van der Waals surface area contributed by atoms with Gasteiger partial charge in [-0.15, -0.1) is 0 Å². The Morgan fingerprint density at radius 1 is 1.13 bits per heavy atom. The van der Waals surface area contributed by atoms with Gasteiger partial charge >= 0.3 is 0 Å². The van der Waals surface area contributed by atoms with E-state index in [2.05, 4.69) is 17.4 Å². The van der Waals surface area contributed by atoms with E-state index in [0.29, 0.717) is 31.9 Å². The predicted molar refractivity (Wildman–Crippen MR) is 124 cm³/mol. The highest BCUT2D eigenvalue weighted by Crippen LogP contribution is 2.34. The number of amides is 1. The fourth-order valence-electron chi connectivity index (χ4n) is 4.32. The maximum Gasteiger partial charge on any atom is 0.243 e. The summed E-state index contributed by atoms with van der Waals surface area (Å²) in [5, 5.41) is 3.08. The maximum absolute atomic E-state index is 13.3. The molecule has 1 aliphatic rings. The first-order valence-electron chi connectivity index (χ1n) is 10.7. The summed E-state index contributed by atoms with van der Waals surface area (Å²) in [6.07, 6.45) is 3.13. The number of ether oxygens (including phenoxy) is 1. The van der Waals surface area contributed by atoms with Gasteiger partial charge in [0.25, 0.3) is 0 Å². The van der Waals surface area contributed by atoms with E-state index in [4.69, 9.17) is 4.74 Å². The van der Waals surface area contributed by atoms with E-state index >= 15 is 0 Å². The van der Waals surface area contributed by atoms with Crippen LogP contribution in [0.15, 0.2) is 54.6 Å². The zero-order valence-electron chi connectivity index (χ0n) is 18.5. The molecule has 0 aliphatic carbocycles. The quantitative estimate of drug-likeness (QED) is 0.677. The molecule has 1 aliphatic heterocycles. The van der Waals surface area contributed by atoms with Gasteiger partial charge in [0.15, 0.2) is 0 Å². The number of rotatable bonds is 8. The first-order valence-corrected chi connectivity index (χ1v) is 12.6. The van der Waals surface area contributed by atoms with Crippen molar-refractivity contribution in [3.8, 4) is 0 Å². The number of carbonyl (C=O) groups excluding carboxylic acids is 1. The van der Waals surface area contributed by atoms with Gasteiger partial charge in [-0.2, -0.15) is 0 Å². The third kappa shape index (κ3) is 5.46. The summed E-state index contributed by atoms with van der Waals surface area (Å²) in [5.41, 5.74) is 2.40. The zero-order chi connectivity index (χ0) is 22.5. The Kier molecular flexibility index (Phi) is 7.38. The van der Waals surface area contributed by atoms with Gasteiger partial charge in [0, 0.05) is 25.2 Å². The lowest BCUT2D eigenvalue weighted by Crippen LogP contribution is -2.52. The van der Waals surface area contributed by atoms with Crippen LogP contribution in [0.4, 0.5) is 5.69 Å². The van der Waals surface area contributed by atoms with Gasteiger partial charge in [-0.25, -0.2) is 8.42 Å². The van der Waals surface area contributed by atoms with Crippen molar-refractivity contribution in [1.29, 1.82) is 0 Å². The zero-order valence-corrected chi connectivity index (χ0v) is 19.3. The molecule has 2 aromatic carbocycles. The largest absolute Gasteiger partial charge is 0.381 e. The lowest BCUT2D eigenvalue weighted by atomic mass is 9.74. The average molecular weight is 445 g/mol. The van der Waals surface area contributed by atoms with Crippen molar-refractivity contribution in [2.75, 3.05) is 30.3 Å². The molecule has 1 fully saturated rings. The van der Waals surface area contributed by atoms with Gasteiger partial charge in [0.2, 0.25) is 15.9 Å². The average Bonchev–Trinajstić information content (AvgIpc) is 2.76. The minimum absolute atomic E-state index is 0.216. The maximum atomic E-state index is 13.3. The van der Waals surface area contributed by atoms with E-state index in [-0.39, 0.29) is 11.3 Å². The number of nitrogens with zero attached hydrogens (tertiary/aromatic N) is 1. The van der Waals surface area contributed by atoms with Crippen molar-refractivity contribution >= 4 is 21.6 Å². The second-order valence-electron chi connectivity index (χ2n) is 8.30. The Morgan fingerprint density at radius 3 is 2.39 bits per heavy atom. The minimum Gasteiger partial charge on any atom is -0.381 e. The van der Waals surface area contributed by atoms with E-state index in [0.717, 1.165) is 24.7 Å². The number of nitrogens with one attached hydrogen (secondary N) is 1. The SMILES string of the molecule is CC[C@H](C(=O)NCC1(c2ccccc2)CCOCC1)N(c1cccc(C)c1)S(C)(=O)=O. The van der Waals surface area contributed by atoms with Crippen LogP contribution >= 0.6 is 0 Å². The molecule has 0 spiro atoms. The van der Waals surface area contributed by atoms with Crippen LogP contribution in [0.3, 0.4) is 0 Å². The molecule has 1 atom stereocenters. The van der Waals surface area contributed by atoms with E-state index in [1.807, 2.05) is 38.1 Å². The van der Waals surface area contributed by atoms with Crippen LogP contribution in [-0.2, 0) is 25.0 Å². The normalized spacial score (nSPS) is 17.0. The molecule has 0 unspecified atom stereocenters. The van der Waals surface area contributed by atoms with Gasteiger partial charge in [-0.3, -0.25) is 9.10 Å². The summed E-state index contributed by atoms with van der Waals surface area (Å²) in [5.74, 6) is -0.281. The molecule has 0 aromatic heterocycles. The highest BCUT2D eigenvalue weighted by molar-refractivity contribution is 7.92. The lowest BCUT2D eigenvalue weighted by Gasteiger charge is -2.39. The highest BCUT2D eigenvalue weighted by atomic mass is 32.2. The molecule has 1 amide bonds. The number of sulfonamides is 1. The molecular weight excluding hydrogens is 412 g/mol. The van der Waals surface area contributed by atoms with Gasteiger partial charge < -0.3 is 10.1 Å². The van der Waals surface area contributed by atoms with Crippen molar-refractivity contribution in [2.45, 2.75) is 44.6 Å². The molecular formula is C24H32N2O4S. The summed E-state index contributed by atoms with van der Waals surface area (Å²) in [6.45, 7) is 5.46. The van der Waals surface area contributed by atoms with Crippen LogP contribution < -0.4 is 9.62 Å². The van der Waals surface area contributed by atoms with E-state index in [9.17, 15) is 13.2 Å². The van der Waals surface area contributed by atoms with Gasteiger partial charge in [0.1, 0.15) is 6.04 Å². The molecule has 1 heterocycles. The van der Waals surface area contributed by atoms with Crippen LogP contribution in [0, 0.1) is 6.92 Å². The molecule has 0 bridgehead atoms. The number of hydrogen-bond acceptors (Lipinski definition) is 4. The number of hydrogen-bond donors (Lipinski definition) is 1. The summed E-state index contributed by atoms with van der Waals surface area (Å²) < 4.78 is 32.2. The van der Waals surface area contributed by atoms with Crippen LogP contribution in [-0.4, -0.2) is 46.4 Å². The molecule has 1 N–H and O–H groups in total. The molecule has 7 heteroatoms. The summed E-state index contributed by atoms with van der Waals surface area (Å²) in [4.78, 5) is 13.3. The van der Waals surface area contributed by atoms with Gasteiger partial charge in [0.05, 0.1) is 11.9 Å². The summed E-state index contributed by atoms with van der Waals surface area (Å²) in [6, 6.07) is 16.6. The van der Waals surface area contributed by atoms with Crippen LogP contribution in [0.25, 0.3) is 0 Å². The number of benzene rings is 2. The van der Waals surface area contributed by atoms with Crippen LogP contribution in [0.5, 0.6) is 0 Å². The Hall–Kier alpha value is -2.38. The summed E-state index contributed by atoms with van der Waals surface area (Å²) >= 11 is 0. The van der Waals surface area contributed by atoms with Gasteiger partial charge in [-0.1, -0.05) is 49.4 Å². The highest BCUT2D eigenvalue weighted by Gasteiger charge is 2.37. The molecule has 168 valence electrons. The standard InChI is InChI=1S/C24H32N2O4S/c1-4-22(26(31(3,28)29)21-12-8-9-19(2)17-21)23(27)25-18-24(13-15-30-16-14-24)20-10-6-5-7-11-20/h5-12,17,22H,4,13-16,18H2,1-3H3,(H,25,27)/t22-/m1/s1. The van der Waals surface area contributed by atoms with E-state index in [1.165, 1.54) is 9.87 Å². The number of anilines is 1. The molecule has 0 radical (unpaired) electrons. The van der Waals surface area contributed by atoms with Crippen molar-refractivity contribution in [3.63, 3.8) is 0 Å². The minimum atomic E-state index is -3.65. The Balaban J connectivity index is 1.85. The molecule has 0 saturated carbocycles. The van der Waals surface area contributed by atoms with Crippen molar-refractivity contribution in [1.82, 2.24) is 5.32 Å². The second-order valence-corrected chi connectivity index (χ2v) is 10.2. The van der Waals surface area contributed by atoms with Crippen molar-refractivity contribution in [2.24, 2.45) is 0 Å². The first kappa shape index (κ1) is 23.3. The topological polar surface area (TPSA) is 75.7 Å². The second kappa shape index (κ2) is 9.83. The predicted octanol–water partition coefficient (Wildman–Crippen LogP) is 3.40. The van der Waals surface area contributed by atoms with Crippen molar-refractivity contribution < 1.29 is 17.9 Å². The molecule has 2 aromatic rings. The molecule has 6 nitrogen and oxygen atoms in total. The fraction of sp³-hybridized carbons (Fsp3) is 0.458. The fourth-order valence-corrected chi connectivity index (χ4v) is 5.52. The molecule has 1 saturated heterocycles. The molecule has 3 rings (SSSR count). The number of aryl methyl sites for hydroxylation is 1. The van der Waals surface area contributed by atoms with Crippen LogP contribution in [0.1, 0.15) is 37.3 Å². The van der Waals surface area contributed by atoms with Crippen molar-refractivity contribution in [3.05, 3.63) is 65.7 Å². The monoisotopic (exact) mass is 444 g/mol. The lowest BCUT2D eigenvalue weighted by molar-refractivity contribution is -0.122. The third-order valence-electron chi connectivity index (χ3n) is 6.02. The van der Waals surface area contributed by atoms with Gasteiger partial charge in [-0.05, 0) is 49.4 Å². The third-order valence-corrected chi connectivity index (χ3v) is 7.20. The smallest absolute Gasteiger partial charge is 0.243 e.